The molecule has 1 unspecified atom stereocenters. The highest BCUT2D eigenvalue weighted by molar-refractivity contribution is 5.77. The van der Waals surface area contributed by atoms with Crippen molar-refractivity contribution in [3.05, 3.63) is 29.8 Å². The van der Waals surface area contributed by atoms with E-state index in [0.29, 0.717) is 6.42 Å². The summed E-state index contributed by atoms with van der Waals surface area (Å²) in [6, 6.07) is 7.39. The van der Waals surface area contributed by atoms with Crippen LogP contribution >= 0.6 is 0 Å². The first-order valence-corrected chi connectivity index (χ1v) is 5.30. The minimum Gasteiger partial charge on any atom is -0.508 e. The van der Waals surface area contributed by atoms with Gasteiger partial charge in [0.05, 0.1) is 5.84 Å². The lowest BCUT2D eigenvalue weighted by atomic mass is 10.1. The Labute approximate surface area is 96.2 Å². The molecule has 16 heavy (non-hydrogen) atoms. The summed E-state index contributed by atoms with van der Waals surface area (Å²) in [5.41, 5.74) is 6.50. The number of amidine groups is 1. The van der Waals surface area contributed by atoms with Crippen molar-refractivity contribution in [2.45, 2.75) is 25.9 Å². The third kappa shape index (κ3) is 3.90. The Bertz CT molecular complexity index is 348. The largest absolute Gasteiger partial charge is 0.508 e. The molecule has 4 N–H and O–H groups in total. The van der Waals surface area contributed by atoms with Crippen LogP contribution in [-0.4, -0.2) is 28.9 Å². The molecule has 0 amide bonds. The van der Waals surface area contributed by atoms with E-state index in [1.54, 1.807) is 12.1 Å². The van der Waals surface area contributed by atoms with Gasteiger partial charge in [0.15, 0.2) is 0 Å². The minimum absolute atomic E-state index is 0.213. The third-order valence-corrected chi connectivity index (χ3v) is 2.64. The van der Waals surface area contributed by atoms with Crippen molar-refractivity contribution < 1.29 is 5.11 Å². The van der Waals surface area contributed by atoms with Crippen molar-refractivity contribution in [3.8, 4) is 5.75 Å². The molecule has 0 heterocycles. The zero-order chi connectivity index (χ0) is 12.1. The quantitative estimate of drug-likeness (QED) is 0.521. The Morgan fingerprint density at radius 1 is 1.44 bits per heavy atom. The molecule has 1 aromatic rings. The number of nitrogens with one attached hydrogen (secondary N) is 1. The van der Waals surface area contributed by atoms with Crippen LogP contribution in [-0.2, 0) is 6.54 Å². The van der Waals surface area contributed by atoms with E-state index >= 15 is 0 Å². The summed E-state index contributed by atoms with van der Waals surface area (Å²) in [5.74, 6) is 0.494. The molecular formula is C12H19N3O. The first-order chi connectivity index (χ1) is 7.49. The van der Waals surface area contributed by atoms with E-state index in [4.69, 9.17) is 16.2 Å². The average molecular weight is 221 g/mol. The van der Waals surface area contributed by atoms with Crippen LogP contribution in [0.5, 0.6) is 5.75 Å². The maximum Gasteiger partial charge on any atom is 0.115 e. The van der Waals surface area contributed by atoms with E-state index in [-0.39, 0.29) is 17.6 Å². The average Bonchev–Trinajstić information content (AvgIpc) is 2.20. The van der Waals surface area contributed by atoms with Gasteiger partial charge in [-0.3, -0.25) is 10.3 Å². The molecule has 88 valence electrons. The topological polar surface area (TPSA) is 73.3 Å². The second-order valence-corrected chi connectivity index (χ2v) is 4.16. The van der Waals surface area contributed by atoms with Crippen LogP contribution in [0.1, 0.15) is 18.9 Å². The van der Waals surface area contributed by atoms with Gasteiger partial charge in [0.2, 0.25) is 0 Å². The highest BCUT2D eigenvalue weighted by atomic mass is 16.3. The lowest BCUT2D eigenvalue weighted by Crippen LogP contribution is -2.32. The Balaban J connectivity index is 2.53. The summed E-state index contributed by atoms with van der Waals surface area (Å²) in [5, 5.41) is 16.4. The molecule has 0 saturated heterocycles. The summed E-state index contributed by atoms with van der Waals surface area (Å²) in [6.45, 7) is 2.83. The van der Waals surface area contributed by atoms with Gasteiger partial charge in [-0.05, 0) is 31.7 Å². The molecule has 0 aliphatic carbocycles. The summed E-state index contributed by atoms with van der Waals surface area (Å²) in [7, 11) is 2.00. The van der Waals surface area contributed by atoms with Crippen LogP contribution < -0.4 is 5.73 Å². The molecule has 0 aliphatic rings. The lowest BCUT2D eigenvalue weighted by molar-refractivity contribution is 0.254. The Morgan fingerprint density at radius 2 is 2.00 bits per heavy atom. The summed E-state index contributed by atoms with van der Waals surface area (Å²) < 4.78 is 0. The molecule has 0 aliphatic heterocycles. The zero-order valence-corrected chi connectivity index (χ0v) is 9.77. The number of aromatic hydroxyl groups is 1. The number of nitrogens with two attached hydrogens (primary N) is 1. The summed E-state index contributed by atoms with van der Waals surface area (Å²) in [6.07, 6.45) is 0.578. The molecule has 0 bridgehead atoms. The van der Waals surface area contributed by atoms with Crippen LogP contribution in [0.25, 0.3) is 0 Å². The molecule has 4 heteroatoms. The number of hydrogen-bond donors (Lipinski definition) is 3. The van der Waals surface area contributed by atoms with Crippen LogP contribution in [0.15, 0.2) is 24.3 Å². The fourth-order valence-corrected chi connectivity index (χ4v) is 1.52. The standard InChI is InChI=1S/C12H19N3O/c1-9(7-12(13)14)15(2)8-10-3-5-11(16)6-4-10/h3-6,9,16H,7-8H2,1-2H3,(H3,13,14). The lowest BCUT2D eigenvalue weighted by Gasteiger charge is -2.24. The fourth-order valence-electron chi connectivity index (χ4n) is 1.52. The number of phenolic OH excluding ortho intramolecular Hbond substituents is 1. The fraction of sp³-hybridized carbons (Fsp3) is 0.417. The van der Waals surface area contributed by atoms with E-state index in [0.717, 1.165) is 12.1 Å². The molecule has 1 atom stereocenters. The van der Waals surface area contributed by atoms with Gasteiger partial charge in [-0.1, -0.05) is 12.1 Å². The maximum atomic E-state index is 9.16. The predicted octanol–water partition coefficient (Wildman–Crippen LogP) is 1.54. The van der Waals surface area contributed by atoms with Crippen LogP contribution in [0.2, 0.25) is 0 Å². The Hall–Kier alpha value is -1.55. The van der Waals surface area contributed by atoms with Gasteiger partial charge in [-0.2, -0.15) is 0 Å². The third-order valence-electron chi connectivity index (χ3n) is 2.64. The molecule has 0 aromatic heterocycles. The van der Waals surface area contributed by atoms with E-state index in [9.17, 15) is 0 Å². The van der Waals surface area contributed by atoms with Gasteiger partial charge in [0.1, 0.15) is 5.75 Å². The predicted molar refractivity (Wildman–Crippen MR) is 65.6 cm³/mol. The number of nitrogens with zero attached hydrogens (tertiary/aromatic N) is 1. The zero-order valence-electron chi connectivity index (χ0n) is 9.77. The summed E-state index contributed by atoms with van der Waals surface area (Å²) >= 11 is 0. The minimum atomic E-state index is 0.213. The number of hydrogen-bond acceptors (Lipinski definition) is 3. The molecule has 0 fully saturated rings. The first kappa shape index (κ1) is 12.5. The number of rotatable bonds is 5. The monoisotopic (exact) mass is 221 g/mol. The molecular weight excluding hydrogens is 202 g/mol. The van der Waals surface area contributed by atoms with Crippen LogP contribution in [0.4, 0.5) is 0 Å². The number of benzene rings is 1. The van der Waals surface area contributed by atoms with Gasteiger partial charge in [0, 0.05) is 19.0 Å². The molecule has 0 spiro atoms. The van der Waals surface area contributed by atoms with E-state index < -0.39 is 0 Å². The Kier molecular flexibility index (Phi) is 4.31. The van der Waals surface area contributed by atoms with Gasteiger partial charge in [-0.15, -0.1) is 0 Å². The van der Waals surface area contributed by atoms with Crippen LogP contribution in [0, 0.1) is 5.41 Å². The first-order valence-electron chi connectivity index (χ1n) is 5.30. The molecule has 1 aromatic carbocycles. The molecule has 4 nitrogen and oxygen atoms in total. The summed E-state index contributed by atoms with van der Waals surface area (Å²) in [4.78, 5) is 2.13. The van der Waals surface area contributed by atoms with Gasteiger partial charge in [-0.25, -0.2) is 0 Å². The normalized spacial score (nSPS) is 12.7. The second kappa shape index (κ2) is 5.51. The van der Waals surface area contributed by atoms with Crippen molar-refractivity contribution in [3.63, 3.8) is 0 Å². The molecule has 0 radical (unpaired) electrons. The van der Waals surface area contributed by atoms with Gasteiger partial charge < -0.3 is 10.8 Å². The van der Waals surface area contributed by atoms with Crippen molar-refractivity contribution >= 4 is 5.84 Å². The van der Waals surface area contributed by atoms with E-state index in [2.05, 4.69) is 4.90 Å². The number of phenols is 1. The smallest absolute Gasteiger partial charge is 0.115 e. The molecule has 1 rings (SSSR count). The van der Waals surface area contributed by atoms with Crippen molar-refractivity contribution in [2.75, 3.05) is 7.05 Å². The van der Waals surface area contributed by atoms with Crippen molar-refractivity contribution in [2.24, 2.45) is 5.73 Å². The second-order valence-electron chi connectivity index (χ2n) is 4.16. The van der Waals surface area contributed by atoms with E-state index in [1.807, 2.05) is 26.1 Å². The van der Waals surface area contributed by atoms with Gasteiger partial charge in [0.25, 0.3) is 0 Å². The highest BCUT2D eigenvalue weighted by Gasteiger charge is 2.10. The highest BCUT2D eigenvalue weighted by Crippen LogP contribution is 2.12. The van der Waals surface area contributed by atoms with Crippen LogP contribution in [0.3, 0.4) is 0 Å². The molecule has 0 saturated carbocycles. The van der Waals surface area contributed by atoms with Crippen molar-refractivity contribution in [1.82, 2.24) is 4.90 Å². The Morgan fingerprint density at radius 3 is 2.50 bits per heavy atom. The van der Waals surface area contributed by atoms with E-state index in [1.165, 1.54) is 0 Å². The maximum absolute atomic E-state index is 9.16. The van der Waals surface area contributed by atoms with Crippen molar-refractivity contribution in [1.29, 1.82) is 5.41 Å². The SMILES string of the molecule is CC(CC(=N)N)N(C)Cc1ccc(O)cc1. The van der Waals surface area contributed by atoms with Gasteiger partial charge >= 0.3 is 0 Å².